The smallest absolute Gasteiger partial charge is 0.333 e. The maximum atomic E-state index is 12.6. The molecule has 0 fully saturated rings. The molecule has 1 heterocycles. The highest BCUT2D eigenvalue weighted by atomic mass is 16.5. The molecule has 0 amide bonds. The number of benzene rings is 1. The maximum absolute atomic E-state index is 12.6. The van der Waals surface area contributed by atoms with Crippen LogP contribution in [0.3, 0.4) is 0 Å². The van der Waals surface area contributed by atoms with Crippen molar-refractivity contribution in [1.29, 1.82) is 0 Å². The summed E-state index contributed by atoms with van der Waals surface area (Å²) in [6, 6.07) is 3.63. The Bertz CT molecular complexity index is 1070. The van der Waals surface area contributed by atoms with Crippen molar-refractivity contribution in [2.45, 2.75) is 71.8 Å². The van der Waals surface area contributed by atoms with Crippen molar-refractivity contribution in [2.75, 3.05) is 6.61 Å². The van der Waals surface area contributed by atoms with E-state index in [4.69, 9.17) is 4.74 Å². The van der Waals surface area contributed by atoms with Crippen LogP contribution >= 0.6 is 0 Å². The molecule has 31 heavy (non-hydrogen) atoms. The number of ether oxygens (including phenoxy) is 1. The fraction of sp³-hybridized carbons (Fsp3) is 0.545. The summed E-state index contributed by atoms with van der Waals surface area (Å²) in [4.78, 5) is 51.0. The first-order valence-electron chi connectivity index (χ1n) is 10.1. The quantitative estimate of drug-likeness (QED) is 0.616. The van der Waals surface area contributed by atoms with Gasteiger partial charge in [0.15, 0.2) is 0 Å². The number of H-pyrrole nitrogens is 2. The van der Waals surface area contributed by atoms with Gasteiger partial charge in [0.05, 0.1) is 12.5 Å². The Morgan fingerprint density at radius 3 is 1.87 bits per heavy atom. The summed E-state index contributed by atoms with van der Waals surface area (Å²) in [5.74, 6) is -0.936. The third-order valence-corrected chi connectivity index (χ3v) is 5.09. The first kappa shape index (κ1) is 24.2. The summed E-state index contributed by atoms with van der Waals surface area (Å²) in [5.41, 5.74) is -1.14. The largest absolute Gasteiger partial charge is 0.507 e. The Hall–Kier alpha value is -3.10. The van der Waals surface area contributed by atoms with E-state index in [0.717, 1.165) is 15.7 Å². The van der Waals surface area contributed by atoms with Crippen molar-refractivity contribution < 1.29 is 14.6 Å². The lowest BCUT2D eigenvalue weighted by Gasteiger charge is -2.29. The molecule has 3 N–H and O–H groups in total. The number of hydrogen-bond acceptors (Lipinski definition) is 6. The van der Waals surface area contributed by atoms with E-state index in [9.17, 15) is 24.3 Å². The Kier molecular flexibility index (Phi) is 6.68. The molecule has 2 rings (SSSR count). The van der Waals surface area contributed by atoms with Crippen LogP contribution in [0.15, 0.2) is 26.5 Å². The third kappa shape index (κ3) is 5.53. The van der Waals surface area contributed by atoms with Gasteiger partial charge in [-0.15, -0.1) is 0 Å². The predicted molar refractivity (Wildman–Crippen MR) is 117 cm³/mol. The molecule has 9 nitrogen and oxygen atoms in total. The fourth-order valence-corrected chi connectivity index (χ4v) is 3.20. The minimum absolute atomic E-state index is 0.195. The average molecular weight is 434 g/mol. The number of carbonyl (C=O) groups is 1. The number of aromatic amines is 2. The van der Waals surface area contributed by atoms with Crippen molar-refractivity contribution in [1.82, 2.24) is 14.5 Å². The molecule has 170 valence electrons. The van der Waals surface area contributed by atoms with Gasteiger partial charge in [-0.25, -0.2) is 19.0 Å². The number of aromatic hydroxyl groups is 1. The van der Waals surface area contributed by atoms with E-state index in [0.29, 0.717) is 5.56 Å². The van der Waals surface area contributed by atoms with Gasteiger partial charge < -0.3 is 9.84 Å². The standard InChI is InChI=1S/C22H31N3O6/c1-12(17(27)31-9-8-25-19(29)23-18(28)24-20(25)30)13-10-14(21(2,3)4)16(26)15(11-13)22(5,6)7/h10-12,26H,8-9H2,1-7H3,(H2,23,24,28,29,30). The van der Waals surface area contributed by atoms with Crippen LogP contribution < -0.4 is 17.1 Å². The molecular formula is C22H31N3O6. The summed E-state index contributed by atoms with van der Waals surface area (Å²) in [6.07, 6.45) is 0. The van der Waals surface area contributed by atoms with E-state index >= 15 is 0 Å². The molecule has 2 aromatic rings. The third-order valence-electron chi connectivity index (χ3n) is 5.09. The Balaban J connectivity index is 2.27. The number of rotatable bonds is 5. The molecule has 0 spiro atoms. The van der Waals surface area contributed by atoms with E-state index in [-0.39, 0.29) is 29.7 Å². The average Bonchev–Trinajstić information content (AvgIpc) is 2.61. The summed E-state index contributed by atoms with van der Waals surface area (Å²) >= 11 is 0. The van der Waals surface area contributed by atoms with Gasteiger partial charge in [0.1, 0.15) is 12.4 Å². The zero-order valence-electron chi connectivity index (χ0n) is 19.1. The number of phenolic OH excluding ortho intramolecular Hbond substituents is 1. The molecule has 0 aliphatic heterocycles. The molecule has 0 aliphatic rings. The Morgan fingerprint density at radius 1 is 1.00 bits per heavy atom. The van der Waals surface area contributed by atoms with E-state index in [1.54, 1.807) is 6.92 Å². The van der Waals surface area contributed by atoms with Crippen LogP contribution in [0.2, 0.25) is 0 Å². The van der Waals surface area contributed by atoms with Crippen LogP contribution in [0.5, 0.6) is 5.75 Å². The van der Waals surface area contributed by atoms with Crippen molar-refractivity contribution in [3.8, 4) is 5.75 Å². The zero-order valence-corrected chi connectivity index (χ0v) is 19.1. The highest BCUT2D eigenvalue weighted by molar-refractivity contribution is 5.78. The zero-order chi connectivity index (χ0) is 23.7. The van der Waals surface area contributed by atoms with Crippen molar-refractivity contribution in [2.24, 2.45) is 0 Å². The van der Waals surface area contributed by atoms with Gasteiger partial charge in [-0.3, -0.25) is 14.8 Å². The highest BCUT2D eigenvalue weighted by Crippen LogP contribution is 2.41. The second kappa shape index (κ2) is 8.56. The van der Waals surface area contributed by atoms with E-state index in [2.05, 4.69) is 0 Å². The van der Waals surface area contributed by atoms with Crippen molar-refractivity contribution >= 4 is 5.97 Å². The molecule has 1 aromatic carbocycles. The molecule has 0 bridgehead atoms. The lowest BCUT2D eigenvalue weighted by Crippen LogP contribution is -2.44. The first-order valence-corrected chi connectivity index (χ1v) is 10.1. The van der Waals surface area contributed by atoms with Gasteiger partial charge in [-0.05, 0) is 34.4 Å². The topological polar surface area (TPSA) is 134 Å². The second-order valence-corrected chi connectivity index (χ2v) is 9.69. The lowest BCUT2D eigenvalue weighted by atomic mass is 9.77. The van der Waals surface area contributed by atoms with Gasteiger partial charge in [-0.2, -0.15) is 0 Å². The van der Waals surface area contributed by atoms with Crippen LogP contribution in [0.4, 0.5) is 0 Å². The van der Waals surface area contributed by atoms with E-state index in [1.165, 1.54) is 0 Å². The fourth-order valence-electron chi connectivity index (χ4n) is 3.20. The predicted octanol–water partition coefficient (Wildman–Crippen LogP) is 1.87. The molecule has 9 heteroatoms. The van der Waals surface area contributed by atoms with Crippen molar-refractivity contribution in [3.05, 3.63) is 60.3 Å². The van der Waals surface area contributed by atoms with Crippen LogP contribution in [-0.4, -0.2) is 32.2 Å². The lowest BCUT2D eigenvalue weighted by molar-refractivity contribution is -0.145. The van der Waals surface area contributed by atoms with E-state index in [1.807, 2.05) is 63.6 Å². The molecule has 0 saturated carbocycles. The van der Waals surface area contributed by atoms with Gasteiger partial charge >= 0.3 is 23.0 Å². The summed E-state index contributed by atoms with van der Waals surface area (Å²) in [7, 11) is 0. The van der Waals surface area contributed by atoms with Gasteiger partial charge in [0.2, 0.25) is 0 Å². The summed E-state index contributed by atoms with van der Waals surface area (Å²) in [6.45, 7) is 13.2. The molecule has 1 unspecified atom stereocenters. The van der Waals surface area contributed by atoms with Crippen LogP contribution in [0.25, 0.3) is 0 Å². The van der Waals surface area contributed by atoms with Crippen LogP contribution in [-0.2, 0) is 26.9 Å². The molecule has 0 saturated heterocycles. The Labute approximate surface area is 180 Å². The number of hydrogen-bond donors (Lipinski definition) is 3. The van der Waals surface area contributed by atoms with Gasteiger partial charge in [-0.1, -0.05) is 53.7 Å². The van der Waals surface area contributed by atoms with E-state index < -0.39 is 29.0 Å². The van der Waals surface area contributed by atoms with Gasteiger partial charge in [0, 0.05) is 0 Å². The van der Waals surface area contributed by atoms with Gasteiger partial charge in [0.25, 0.3) is 0 Å². The number of aromatic nitrogens is 3. The molecular weight excluding hydrogens is 402 g/mol. The monoisotopic (exact) mass is 433 g/mol. The second-order valence-electron chi connectivity index (χ2n) is 9.69. The normalized spacial score (nSPS) is 13.1. The maximum Gasteiger partial charge on any atom is 0.333 e. The molecule has 1 atom stereocenters. The summed E-state index contributed by atoms with van der Waals surface area (Å²) in [5, 5.41) is 10.8. The Morgan fingerprint density at radius 2 is 1.45 bits per heavy atom. The minimum Gasteiger partial charge on any atom is -0.507 e. The SMILES string of the molecule is CC(C(=O)OCCn1c(=O)[nH]c(=O)[nH]c1=O)c1cc(C(C)(C)C)c(O)c(C(C)(C)C)c1. The van der Waals surface area contributed by atoms with Crippen LogP contribution in [0.1, 0.15) is 71.1 Å². The minimum atomic E-state index is -0.895. The molecule has 0 aliphatic carbocycles. The molecule has 1 aromatic heterocycles. The first-order chi connectivity index (χ1) is 14.1. The number of nitrogens with zero attached hydrogens (tertiary/aromatic N) is 1. The number of esters is 1. The number of nitrogens with one attached hydrogen (secondary N) is 2. The molecule has 0 radical (unpaired) electrons. The van der Waals surface area contributed by atoms with Crippen LogP contribution in [0, 0.1) is 0 Å². The van der Waals surface area contributed by atoms with Crippen molar-refractivity contribution in [3.63, 3.8) is 0 Å². The number of carbonyl (C=O) groups excluding carboxylic acids is 1. The number of phenols is 1. The summed E-state index contributed by atoms with van der Waals surface area (Å²) < 4.78 is 6.02. The highest BCUT2D eigenvalue weighted by Gasteiger charge is 2.29.